The van der Waals surface area contributed by atoms with Crippen molar-refractivity contribution in [3.05, 3.63) is 59.2 Å². The van der Waals surface area contributed by atoms with E-state index in [9.17, 15) is 18.0 Å². The highest BCUT2D eigenvalue weighted by Crippen LogP contribution is 2.36. The van der Waals surface area contributed by atoms with Crippen molar-refractivity contribution in [2.75, 3.05) is 0 Å². The Morgan fingerprint density at radius 2 is 1.68 bits per heavy atom. The van der Waals surface area contributed by atoms with Crippen molar-refractivity contribution in [1.82, 2.24) is 0 Å². The van der Waals surface area contributed by atoms with Gasteiger partial charge in [0.25, 0.3) is 0 Å². The van der Waals surface area contributed by atoms with Gasteiger partial charge in [0.1, 0.15) is 0 Å². The number of alkyl halides is 3. The fourth-order valence-electron chi connectivity index (χ4n) is 1.99. The lowest BCUT2D eigenvalue weighted by atomic mass is 10.1. The van der Waals surface area contributed by atoms with Gasteiger partial charge in [0.2, 0.25) is 0 Å². The summed E-state index contributed by atoms with van der Waals surface area (Å²) in [6, 6.07) is 10.3. The smallest absolute Gasteiger partial charge is 0.416 e. The average molecular weight is 326 g/mol. The van der Waals surface area contributed by atoms with E-state index in [2.05, 4.69) is 0 Å². The van der Waals surface area contributed by atoms with Crippen LogP contribution in [0.25, 0.3) is 0 Å². The second-order valence-electron chi connectivity index (χ2n) is 4.60. The number of carboxylic acid groups (broad SMARTS) is 1. The van der Waals surface area contributed by atoms with Crippen molar-refractivity contribution in [3.8, 4) is 0 Å². The molecule has 0 saturated heterocycles. The Morgan fingerprint density at radius 1 is 1.09 bits per heavy atom. The molecule has 116 valence electrons. The van der Waals surface area contributed by atoms with Crippen molar-refractivity contribution in [2.45, 2.75) is 29.3 Å². The number of carbonyl (C=O) groups is 1. The van der Waals surface area contributed by atoms with Crippen LogP contribution in [0.3, 0.4) is 0 Å². The summed E-state index contributed by atoms with van der Waals surface area (Å²) in [5, 5.41) is 8.82. The van der Waals surface area contributed by atoms with Crippen LogP contribution in [-0.2, 0) is 12.6 Å². The van der Waals surface area contributed by atoms with Crippen LogP contribution in [0.5, 0.6) is 0 Å². The number of carboxylic acids is 1. The van der Waals surface area contributed by atoms with E-state index >= 15 is 0 Å². The molecule has 0 heterocycles. The third-order valence-electron chi connectivity index (χ3n) is 3.10. The van der Waals surface area contributed by atoms with Gasteiger partial charge in [-0.1, -0.05) is 24.8 Å². The molecule has 0 aromatic heterocycles. The van der Waals surface area contributed by atoms with Gasteiger partial charge in [-0.2, -0.15) is 13.2 Å². The lowest BCUT2D eigenvalue weighted by molar-refractivity contribution is -0.138. The van der Waals surface area contributed by atoms with E-state index in [4.69, 9.17) is 5.11 Å². The topological polar surface area (TPSA) is 37.3 Å². The molecule has 0 fully saturated rings. The molecular formula is C16H13F3O2S. The zero-order valence-corrected chi connectivity index (χ0v) is 12.5. The van der Waals surface area contributed by atoms with E-state index in [1.807, 2.05) is 0 Å². The molecule has 0 aliphatic rings. The Kier molecular flexibility index (Phi) is 4.81. The fourth-order valence-corrected chi connectivity index (χ4v) is 2.85. The number of halogens is 3. The first-order chi connectivity index (χ1) is 10.3. The van der Waals surface area contributed by atoms with Gasteiger partial charge in [-0.3, -0.25) is 0 Å². The molecule has 2 nitrogen and oxygen atoms in total. The van der Waals surface area contributed by atoms with Gasteiger partial charge in [-0.25, -0.2) is 4.79 Å². The van der Waals surface area contributed by atoms with Crippen molar-refractivity contribution < 1.29 is 23.1 Å². The number of hydrogen-bond acceptors (Lipinski definition) is 2. The lowest BCUT2D eigenvalue weighted by Crippen LogP contribution is -2.08. The zero-order chi connectivity index (χ0) is 16.3. The monoisotopic (exact) mass is 326 g/mol. The second-order valence-corrected chi connectivity index (χ2v) is 5.75. The van der Waals surface area contributed by atoms with Gasteiger partial charge in [-0.05, 0) is 48.4 Å². The minimum atomic E-state index is -4.38. The molecule has 0 atom stereocenters. The summed E-state index contributed by atoms with van der Waals surface area (Å²) < 4.78 is 39.1. The first kappa shape index (κ1) is 16.4. The normalized spacial score (nSPS) is 11.5. The lowest BCUT2D eigenvalue weighted by Gasteiger charge is -2.13. The molecule has 6 heteroatoms. The number of benzene rings is 2. The number of aryl methyl sites for hydroxylation is 1. The molecule has 0 spiro atoms. The predicted octanol–water partition coefficient (Wildman–Crippen LogP) is 5.12. The molecule has 0 amide bonds. The van der Waals surface area contributed by atoms with Crippen LogP contribution in [0.1, 0.15) is 28.4 Å². The Morgan fingerprint density at radius 3 is 2.18 bits per heavy atom. The third-order valence-corrected chi connectivity index (χ3v) is 4.10. The molecule has 1 N–H and O–H groups in total. The standard InChI is InChI=1S/C16H13F3O2S/c1-2-10-3-8-13(9-14(10)16(17,18)19)22-12-6-4-11(5-7-12)15(20)21/h3-9H,2H2,1H3,(H,20,21). The highest BCUT2D eigenvalue weighted by atomic mass is 32.2. The largest absolute Gasteiger partial charge is 0.478 e. The van der Waals surface area contributed by atoms with Crippen molar-refractivity contribution in [1.29, 1.82) is 0 Å². The van der Waals surface area contributed by atoms with Crippen molar-refractivity contribution >= 4 is 17.7 Å². The zero-order valence-electron chi connectivity index (χ0n) is 11.6. The number of hydrogen-bond donors (Lipinski definition) is 1. The molecule has 0 radical (unpaired) electrons. The van der Waals surface area contributed by atoms with Gasteiger partial charge < -0.3 is 5.11 Å². The van der Waals surface area contributed by atoms with Gasteiger partial charge in [0, 0.05) is 9.79 Å². The minimum Gasteiger partial charge on any atom is -0.478 e. The minimum absolute atomic E-state index is 0.140. The summed E-state index contributed by atoms with van der Waals surface area (Å²) in [7, 11) is 0. The van der Waals surface area contributed by atoms with E-state index in [-0.39, 0.29) is 11.1 Å². The molecule has 2 aromatic carbocycles. The summed E-state index contributed by atoms with van der Waals surface area (Å²) >= 11 is 1.16. The number of rotatable bonds is 4. The van der Waals surface area contributed by atoms with Crippen LogP contribution >= 0.6 is 11.8 Å². The highest BCUT2D eigenvalue weighted by molar-refractivity contribution is 7.99. The SMILES string of the molecule is CCc1ccc(Sc2ccc(C(=O)O)cc2)cc1C(F)(F)F. The fraction of sp³-hybridized carbons (Fsp3) is 0.188. The van der Waals surface area contributed by atoms with Crippen LogP contribution in [0.4, 0.5) is 13.2 Å². The van der Waals surface area contributed by atoms with Gasteiger partial charge in [-0.15, -0.1) is 0 Å². The average Bonchev–Trinajstić information content (AvgIpc) is 2.47. The molecular weight excluding hydrogens is 313 g/mol. The molecule has 0 bridgehead atoms. The Balaban J connectivity index is 2.28. The van der Waals surface area contributed by atoms with Gasteiger partial charge in [0.15, 0.2) is 0 Å². The van der Waals surface area contributed by atoms with E-state index < -0.39 is 17.7 Å². The maximum Gasteiger partial charge on any atom is 0.416 e. The maximum atomic E-state index is 13.0. The molecule has 0 unspecified atom stereocenters. The summed E-state index contributed by atoms with van der Waals surface area (Å²) in [5.41, 5.74) is -0.220. The van der Waals surface area contributed by atoms with Crippen LogP contribution in [0.15, 0.2) is 52.3 Å². The van der Waals surface area contributed by atoms with Crippen molar-refractivity contribution in [2.24, 2.45) is 0 Å². The Bertz CT molecular complexity index is 679. The molecule has 0 aliphatic carbocycles. The predicted molar refractivity (Wildman–Crippen MR) is 78.3 cm³/mol. The van der Waals surface area contributed by atoms with Gasteiger partial charge in [0.05, 0.1) is 11.1 Å². The van der Waals surface area contributed by atoms with Crippen LogP contribution < -0.4 is 0 Å². The van der Waals surface area contributed by atoms with Gasteiger partial charge >= 0.3 is 12.1 Å². The van der Waals surface area contributed by atoms with E-state index in [1.54, 1.807) is 25.1 Å². The van der Waals surface area contributed by atoms with Crippen LogP contribution in [-0.4, -0.2) is 11.1 Å². The quantitative estimate of drug-likeness (QED) is 0.847. The Hall–Kier alpha value is -1.95. The molecule has 22 heavy (non-hydrogen) atoms. The summed E-state index contributed by atoms with van der Waals surface area (Å²) in [4.78, 5) is 11.9. The van der Waals surface area contributed by atoms with E-state index in [0.717, 1.165) is 17.8 Å². The maximum absolute atomic E-state index is 13.0. The third kappa shape index (κ3) is 3.82. The highest BCUT2D eigenvalue weighted by Gasteiger charge is 2.33. The van der Waals surface area contributed by atoms with Crippen LogP contribution in [0.2, 0.25) is 0 Å². The number of aromatic carboxylic acids is 1. The van der Waals surface area contributed by atoms with Crippen molar-refractivity contribution in [3.63, 3.8) is 0 Å². The first-order valence-electron chi connectivity index (χ1n) is 6.52. The summed E-state index contributed by atoms with van der Waals surface area (Å²) in [6.45, 7) is 1.68. The van der Waals surface area contributed by atoms with Crippen LogP contribution in [0, 0.1) is 0 Å². The summed E-state index contributed by atoms with van der Waals surface area (Å²) in [6.07, 6.45) is -4.07. The van der Waals surface area contributed by atoms with E-state index in [1.165, 1.54) is 18.2 Å². The summed E-state index contributed by atoms with van der Waals surface area (Å²) in [5.74, 6) is -1.04. The first-order valence-corrected chi connectivity index (χ1v) is 7.34. The van der Waals surface area contributed by atoms with E-state index in [0.29, 0.717) is 16.2 Å². The molecule has 2 rings (SSSR count). The molecule has 0 aliphatic heterocycles. The second kappa shape index (κ2) is 6.44. The molecule has 2 aromatic rings. The Labute approximate surface area is 130 Å². The molecule has 0 saturated carbocycles.